The number of aryl methyl sites for hydroxylation is 1. The lowest BCUT2D eigenvalue weighted by Crippen LogP contribution is -2.31. The van der Waals surface area contributed by atoms with E-state index in [4.69, 9.17) is 14.7 Å². The maximum absolute atomic E-state index is 5.35. The zero-order chi connectivity index (χ0) is 22.5. The minimum Gasteiger partial charge on any atom is -0.496 e. The Bertz CT molecular complexity index is 1040. The fraction of sp³-hybridized carbons (Fsp3) is 0.481. The molecule has 1 heterocycles. The van der Waals surface area contributed by atoms with E-state index in [2.05, 4.69) is 52.8 Å². The van der Waals surface area contributed by atoms with Crippen molar-refractivity contribution >= 4 is 22.7 Å². The van der Waals surface area contributed by atoms with Crippen LogP contribution in [0.25, 0.3) is 10.9 Å². The average molecular weight is 450 g/mol. The van der Waals surface area contributed by atoms with Gasteiger partial charge in [0, 0.05) is 32.1 Å². The third kappa shape index (κ3) is 6.14. The highest BCUT2D eigenvalue weighted by Crippen LogP contribution is 2.28. The monoisotopic (exact) mass is 449 g/mol. The lowest BCUT2D eigenvalue weighted by molar-refractivity contribution is 0.323. The fourth-order valence-corrected chi connectivity index (χ4v) is 4.63. The molecular weight excluding hydrogens is 410 g/mol. The van der Waals surface area contributed by atoms with Crippen LogP contribution in [-0.2, 0) is 6.54 Å². The number of anilines is 2. The molecule has 0 amide bonds. The van der Waals surface area contributed by atoms with Gasteiger partial charge in [0.25, 0.3) is 0 Å². The molecule has 0 atom stereocenters. The Morgan fingerprint density at radius 1 is 1.03 bits per heavy atom. The van der Waals surface area contributed by atoms with E-state index >= 15 is 0 Å². The first-order valence-electron chi connectivity index (χ1n) is 11.6. The summed E-state index contributed by atoms with van der Waals surface area (Å²) in [6.07, 6.45) is 4.75. The summed E-state index contributed by atoms with van der Waals surface area (Å²) in [6, 6.07) is 15.1. The second-order valence-corrected chi connectivity index (χ2v) is 9.08. The van der Waals surface area contributed by atoms with Gasteiger partial charge in [0.1, 0.15) is 11.6 Å². The van der Waals surface area contributed by atoms with Gasteiger partial charge in [0.15, 0.2) is 0 Å². The molecule has 33 heavy (non-hydrogen) atoms. The van der Waals surface area contributed by atoms with Crippen LogP contribution in [-0.4, -0.2) is 43.8 Å². The van der Waals surface area contributed by atoms with Crippen LogP contribution in [0.1, 0.15) is 44.2 Å². The number of ether oxygens (including phenoxy) is 1. The van der Waals surface area contributed by atoms with Crippen molar-refractivity contribution < 1.29 is 4.74 Å². The maximum Gasteiger partial charge on any atom is 0.225 e. The molecular formula is C27H39N5O. The Morgan fingerprint density at radius 3 is 2.48 bits per heavy atom. The van der Waals surface area contributed by atoms with Crippen LogP contribution in [0.2, 0.25) is 0 Å². The highest BCUT2D eigenvalue weighted by molar-refractivity contribution is 5.90. The Kier molecular flexibility index (Phi) is 8.50. The Balaban J connectivity index is 0.00000306. The number of aromatic nitrogens is 2. The van der Waals surface area contributed by atoms with Crippen LogP contribution < -0.4 is 20.3 Å². The molecule has 0 aliphatic heterocycles. The summed E-state index contributed by atoms with van der Waals surface area (Å²) >= 11 is 0. The van der Waals surface area contributed by atoms with E-state index in [0.29, 0.717) is 6.04 Å². The fourth-order valence-electron chi connectivity index (χ4n) is 4.63. The molecule has 0 unspecified atom stereocenters. The smallest absolute Gasteiger partial charge is 0.225 e. The van der Waals surface area contributed by atoms with E-state index in [1.165, 1.54) is 24.0 Å². The topological polar surface area (TPSA) is 62.3 Å². The van der Waals surface area contributed by atoms with E-state index < -0.39 is 0 Å². The molecule has 3 aromatic rings. The Morgan fingerprint density at radius 2 is 1.79 bits per heavy atom. The molecule has 4 rings (SSSR count). The Labute approximate surface area is 198 Å². The van der Waals surface area contributed by atoms with Gasteiger partial charge < -0.3 is 20.3 Å². The van der Waals surface area contributed by atoms with Gasteiger partial charge in [-0.3, -0.25) is 0 Å². The highest BCUT2D eigenvalue weighted by Gasteiger charge is 2.22. The van der Waals surface area contributed by atoms with Gasteiger partial charge in [-0.1, -0.05) is 31.7 Å². The molecule has 1 aromatic heterocycles. The van der Waals surface area contributed by atoms with Gasteiger partial charge in [-0.25, -0.2) is 4.98 Å². The molecule has 0 saturated heterocycles. The molecule has 1 fully saturated rings. The predicted octanol–water partition coefficient (Wildman–Crippen LogP) is 5.41. The first-order valence-corrected chi connectivity index (χ1v) is 11.6. The molecule has 6 heteroatoms. The molecule has 1 aliphatic carbocycles. The van der Waals surface area contributed by atoms with Crippen LogP contribution in [0.15, 0.2) is 42.5 Å². The molecule has 0 bridgehead atoms. The zero-order valence-corrected chi connectivity index (χ0v) is 19.7. The van der Waals surface area contributed by atoms with Crippen molar-refractivity contribution in [3.63, 3.8) is 0 Å². The lowest BCUT2D eigenvalue weighted by atomic mass is 9.86. The van der Waals surface area contributed by atoms with Gasteiger partial charge in [-0.2, -0.15) is 4.98 Å². The van der Waals surface area contributed by atoms with Crippen molar-refractivity contribution in [2.24, 2.45) is 5.92 Å². The van der Waals surface area contributed by atoms with Crippen molar-refractivity contribution in [3.05, 3.63) is 53.6 Å². The standard InChI is InChI=1S/C26H35N5O.CH4/c1-18-15-20(11-14-24(18)32-4)17-27-16-19-9-12-21(13-10-19)28-26-29-23-8-6-5-7-22(23)25(30-26)31(2)3;/h5-8,11,14-15,19,21,27H,9-10,12-13,16-17H2,1-4H3,(H,28,29,30);1H4. The molecule has 178 valence electrons. The number of methoxy groups -OCH3 is 1. The van der Waals surface area contributed by atoms with Crippen LogP contribution in [0.4, 0.5) is 11.8 Å². The van der Waals surface area contributed by atoms with Crippen LogP contribution in [0.3, 0.4) is 0 Å². The van der Waals surface area contributed by atoms with Gasteiger partial charge in [0.05, 0.1) is 12.6 Å². The molecule has 0 radical (unpaired) electrons. The third-order valence-electron chi connectivity index (χ3n) is 6.41. The summed E-state index contributed by atoms with van der Waals surface area (Å²) in [5.41, 5.74) is 3.48. The van der Waals surface area contributed by atoms with Crippen molar-refractivity contribution in [3.8, 4) is 5.75 Å². The van der Waals surface area contributed by atoms with E-state index in [9.17, 15) is 0 Å². The van der Waals surface area contributed by atoms with Gasteiger partial charge in [-0.15, -0.1) is 0 Å². The number of nitrogens with one attached hydrogen (secondary N) is 2. The third-order valence-corrected chi connectivity index (χ3v) is 6.41. The van der Waals surface area contributed by atoms with E-state index in [1.807, 2.05) is 26.2 Å². The molecule has 1 aliphatic rings. The quantitative estimate of drug-likeness (QED) is 0.479. The van der Waals surface area contributed by atoms with Crippen molar-refractivity contribution in [2.75, 3.05) is 38.0 Å². The zero-order valence-electron chi connectivity index (χ0n) is 19.7. The number of para-hydroxylation sites is 1. The van der Waals surface area contributed by atoms with Crippen LogP contribution in [0, 0.1) is 12.8 Å². The lowest BCUT2D eigenvalue weighted by Gasteiger charge is -2.29. The molecule has 1 saturated carbocycles. The number of fused-ring (bicyclic) bond motifs is 1. The summed E-state index contributed by atoms with van der Waals surface area (Å²) in [5, 5.41) is 8.34. The summed E-state index contributed by atoms with van der Waals surface area (Å²) in [5.74, 6) is 3.38. The van der Waals surface area contributed by atoms with Crippen LogP contribution >= 0.6 is 0 Å². The predicted molar refractivity (Wildman–Crippen MR) is 139 cm³/mol. The van der Waals surface area contributed by atoms with Crippen molar-refractivity contribution in [2.45, 2.75) is 52.6 Å². The number of benzene rings is 2. The van der Waals surface area contributed by atoms with Gasteiger partial charge in [-0.05, 0) is 74.4 Å². The van der Waals surface area contributed by atoms with Crippen molar-refractivity contribution in [1.82, 2.24) is 15.3 Å². The average Bonchev–Trinajstić information content (AvgIpc) is 2.80. The van der Waals surface area contributed by atoms with Gasteiger partial charge in [0.2, 0.25) is 5.95 Å². The minimum absolute atomic E-state index is 0. The van der Waals surface area contributed by atoms with E-state index in [0.717, 1.165) is 60.3 Å². The summed E-state index contributed by atoms with van der Waals surface area (Å²) in [4.78, 5) is 11.6. The Hall–Kier alpha value is -2.86. The number of hydrogen-bond donors (Lipinski definition) is 2. The normalized spacial score (nSPS) is 17.9. The number of nitrogens with zero attached hydrogens (tertiary/aromatic N) is 3. The summed E-state index contributed by atoms with van der Waals surface area (Å²) in [6.45, 7) is 4.06. The SMILES string of the molecule is C.COc1ccc(CNCC2CCC(Nc3nc(N(C)C)c4ccccc4n3)CC2)cc1C. The molecule has 6 nitrogen and oxygen atoms in total. The van der Waals surface area contributed by atoms with E-state index in [-0.39, 0.29) is 7.43 Å². The van der Waals surface area contributed by atoms with E-state index in [1.54, 1.807) is 7.11 Å². The van der Waals surface area contributed by atoms with Crippen LogP contribution in [0.5, 0.6) is 5.75 Å². The molecule has 2 N–H and O–H groups in total. The summed E-state index contributed by atoms with van der Waals surface area (Å²) < 4.78 is 5.35. The first-order chi connectivity index (χ1) is 15.5. The number of rotatable bonds is 8. The minimum atomic E-state index is 0. The highest BCUT2D eigenvalue weighted by atomic mass is 16.5. The second-order valence-electron chi connectivity index (χ2n) is 9.08. The molecule has 0 spiro atoms. The number of hydrogen-bond acceptors (Lipinski definition) is 6. The maximum atomic E-state index is 5.35. The molecule has 2 aromatic carbocycles. The second kappa shape index (κ2) is 11.3. The summed E-state index contributed by atoms with van der Waals surface area (Å²) in [7, 11) is 5.78. The van der Waals surface area contributed by atoms with Crippen molar-refractivity contribution in [1.29, 1.82) is 0 Å². The largest absolute Gasteiger partial charge is 0.496 e. The van der Waals surface area contributed by atoms with Gasteiger partial charge >= 0.3 is 0 Å². The first kappa shape index (κ1) is 24.8.